The van der Waals surface area contributed by atoms with Gasteiger partial charge in [0.25, 0.3) is 0 Å². The summed E-state index contributed by atoms with van der Waals surface area (Å²) in [5.41, 5.74) is 2.30. The molecule has 1 saturated heterocycles. The van der Waals surface area contributed by atoms with Gasteiger partial charge in [-0.2, -0.15) is 0 Å². The number of carbonyl (C=O) groups excluding carboxylic acids is 1. The van der Waals surface area contributed by atoms with Crippen molar-refractivity contribution < 1.29 is 9.53 Å². The molecule has 6 nitrogen and oxygen atoms in total. The standard InChI is InChI=1S/C17H23BrN4O2/c1-10-12(18)8-19-15-13(10)20-14(21-15)11-6-5-7-22(9-11)16(23)24-17(2,3)4/h8,11H,5-7,9H2,1-4H3,(H,19,20,21)/t11-/m1/s1. The van der Waals surface area contributed by atoms with Crippen LogP contribution in [0.15, 0.2) is 10.7 Å². The van der Waals surface area contributed by atoms with Crippen LogP contribution in [0, 0.1) is 6.92 Å². The number of halogens is 1. The first kappa shape index (κ1) is 17.2. The van der Waals surface area contributed by atoms with Crippen LogP contribution in [-0.2, 0) is 4.74 Å². The Morgan fingerprint density at radius 2 is 2.21 bits per heavy atom. The summed E-state index contributed by atoms with van der Waals surface area (Å²) in [5, 5.41) is 0. The lowest BCUT2D eigenvalue weighted by Crippen LogP contribution is -2.42. The van der Waals surface area contributed by atoms with Crippen LogP contribution in [0.4, 0.5) is 4.79 Å². The quantitative estimate of drug-likeness (QED) is 0.788. The molecular weight excluding hydrogens is 372 g/mol. The van der Waals surface area contributed by atoms with Gasteiger partial charge in [0, 0.05) is 29.7 Å². The number of nitrogens with zero attached hydrogens (tertiary/aromatic N) is 3. The third kappa shape index (κ3) is 3.55. The van der Waals surface area contributed by atoms with Crippen molar-refractivity contribution in [3.8, 4) is 0 Å². The van der Waals surface area contributed by atoms with E-state index < -0.39 is 5.60 Å². The maximum Gasteiger partial charge on any atom is 0.410 e. The van der Waals surface area contributed by atoms with Gasteiger partial charge in [-0.15, -0.1) is 0 Å². The van der Waals surface area contributed by atoms with E-state index in [2.05, 4.69) is 30.9 Å². The van der Waals surface area contributed by atoms with Crippen molar-refractivity contribution in [2.75, 3.05) is 13.1 Å². The molecule has 0 aromatic carbocycles. The fourth-order valence-electron chi connectivity index (χ4n) is 2.96. The molecule has 1 aliphatic heterocycles. The predicted octanol–water partition coefficient (Wildman–Crippen LogP) is 4.14. The second-order valence-electron chi connectivity index (χ2n) is 7.32. The number of fused-ring (bicyclic) bond motifs is 1. The van der Waals surface area contributed by atoms with E-state index >= 15 is 0 Å². The molecule has 0 spiro atoms. The smallest absolute Gasteiger partial charge is 0.410 e. The van der Waals surface area contributed by atoms with Crippen LogP contribution in [0.1, 0.15) is 50.9 Å². The second kappa shape index (κ2) is 6.35. The Bertz CT molecular complexity index is 766. The minimum absolute atomic E-state index is 0.179. The normalized spacial score (nSPS) is 18.9. The van der Waals surface area contributed by atoms with Crippen LogP contribution >= 0.6 is 15.9 Å². The second-order valence-corrected chi connectivity index (χ2v) is 8.17. The van der Waals surface area contributed by atoms with E-state index in [1.165, 1.54) is 0 Å². The minimum atomic E-state index is -0.475. The molecule has 0 aliphatic carbocycles. The van der Waals surface area contributed by atoms with Crippen molar-refractivity contribution in [2.24, 2.45) is 0 Å². The van der Waals surface area contributed by atoms with E-state index in [4.69, 9.17) is 4.74 Å². The van der Waals surface area contributed by atoms with Crippen LogP contribution in [-0.4, -0.2) is 44.6 Å². The van der Waals surface area contributed by atoms with Crippen LogP contribution in [0.25, 0.3) is 11.2 Å². The Labute approximate surface area is 150 Å². The zero-order valence-electron chi connectivity index (χ0n) is 14.5. The lowest BCUT2D eigenvalue weighted by atomic mass is 9.98. The Morgan fingerprint density at radius 3 is 2.92 bits per heavy atom. The van der Waals surface area contributed by atoms with Gasteiger partial charge in [-0.1, -0.05) is 0 Å². The fraction of sp³-hybridized carbons (Fsp3) is 0.588. The summed E-state index contributed by atoms with van der Waals surface area (Å²) in [5.74, 6) is 1.07. The number of nitrogens with one attached hydrogen (secondary N) is 1. The summed E-state index contributed by atoms with van der Waals surface area (Å²) >= 11 is 3.50. The number of carbonyl (C=O) groups is 1. The molecular formula is C17H23BrN4O2. The molecule has 1 fully saturated rings. The van der Waals surface area contributed by atoms with Gasteiger partial charge in [-0.3, -0.25) is 0 Å². The molecule has 24 heavy (non-hydrogen) atoms. The topological polar surface area (TPSA) is 71.1 Å². The molecule has 1 amide bonds. The molecule has 0 radical (unpaired) electrons. The van der Waals surface area contributed by atoms with Crippen LogP contribution < -0.4 is 0 Å². The fourth-order valence-corrected chi connectivity index (χ4v) is 3.26. The molecule has 3 heterocycles. The van der Waals surface area contributed by atoms with Gasteiger partial charge in [0.15, 0.2) is 5.65 Å². The van der Waals surface area contributed by atoms with Crippen molar-refractivity contribution in [3.63, 3.8) is 0 Å². The molecule has 3 rings (SSSR count). The number of piperidine rings is 1. The third-order valence-corrected chi connectivity index (χ3v) is 5.00. The average molecular weight is 395 g/mol. The van der Waals surface area contributed by atoms with Gasteiger partial charge >= 0.3 is 6.09 Å². The number of aromatic amines is 1. The van der Waals surface area contributed by atoms with Gasteiger partial charge < -0.3 is 14.6 Å². The maximum absolute atomic E-state index is 12.3. The summed E-state index contributed by atoms with van der Waals surface area (Å²) in [6, 6.07) is 0. The number of ether oxygens (including phenoxy) is 1. The lowest BCUT2D eigenvalue weighted by molar-refractivity contribution is 0.0196. The number of likely N-dealkylation sites (tertiary alicyclic amines) is 1. The van der Waals surface area contributed by atoms with E-state index in [-0.39, 0.29) is 12.0 Å². The van der Waals surface area contributed by atoms with Crippen molar-refractivity contribution >= 4 is 33.2 Å². The zero-order chi connectivity index (χ0) is 17.5. The van der Waals surface area contributed by atoms with Gasteiger partial charge in [-0.25, -0.2) is 14.8 Å². The van der Waals surface area contributed by atoms with Crippen molar-refractivity contribution in [1.29, 1.82) is 0 Å². The lowest BCUT2D eigenvalue weighted by Gasteiger charge is -2.33. The van der Waals surface area contributed by atoms with E-state index in [1.807, 2.05) is 27.7 Å². The van der Waals surface area contributed by atoms with E-state index in [1.54, 1.807) is 11.1 Å². The summed E-state index contributed by atoms with van der Waals surface area (Å²) in [7, 11) is 0. The first-order valence-corrected chi connectivity index (χ1v) is 9.02. The average Bonchev–Trinajstić information content (AvgIpc) is 2.94. The van der Waals surface area contributed by atoms with Crippen LogP contribution in [0.3, 0.4) is 0 Å². The number of aromatic nitrogens is 3. The Balaban J connectivity index is 1.80. The number of pyridine rings is 1. The van der Waals surface area contributed by atoms with Crippen molar-refractivity contribution in [2.45, 2.75) is 52.1 Å². The van der Waals surface area contributed by atoms with Crippen LogP contribution in [0.5, 0.6) is 0 Å². The highest BCUT2D eigenvalue weighted by atomic mass is 79.9. The summed E-state index contributed by atoms with van der Waals surface area (Å²) in [4.78, 5) is 26.5. The Hall–Kier alpha value is -1.63. The number of rotatable bonds is 1. The largest absolute Gasteiger partial charge is 0.444 e. The van der Waals surface area contributed by atoms with Crippen molar-refractivity contribution in [3.05, 3.63) is 22.1 Å². The first-order chi connectivity index (χ1) is 11.2. The molecule has 130 valence electrons. The summed E-state index contributed by atoms with van der Waals surface area (Å²) in [6.45, 7) is 9.04. The minimum Gasteiger partial charge on any atom is -0.444 e. The highest BCUT2D eigenvalue weighted by Crippen LogP contribution is 2.29. The Kier molecular flexibility index (Phi) is 4.55. The Morgan fingerprint density at radius 1 is 1.46 bits per heavy atom. The van der Waals surface area contributed by atoms with Crippen molar-refractivity contribution in [1.82, 2.24) is 19.9 Å². The first-order valence-electron chi connectivity index (χ1n) is 8.23. The number of H-pyrrole nitrogens is 1. The van der Waals surface area contributed by atoms with E-state index in [0.717, 1.165) is 46.4 Å². The number of hydrogen-bond acceptors (Lipinski definition) is 4. The van der Waals surface area contributed by atoms with Gasteiger partial charge in [0.1, 0.15) is 11.4 Å². The number of aryl methyl sites for hydroxylation is 1. The monoisotopic (exact) mass is 394 g/mol. The van der Waals surface area contributed by atoms with E-state index in [9.17, 15) is 4.79 Å². The maximum atomic E-state index is 12.3. The highest BCUT2D eigenvalue weighted by Gasteiger charge is 2.30. The summed E-state index contributed by atoms with van der Waals surface area (Å²) < 4.78 is 6.46. The van der Waals surface area contributed by atoms with E-state index in [0.29, 0.717) is 6.54 Å². The van der Waals surface area contributed by atoms with Crippen LogP contribution in [0.2, 0.25) is 0 Å². The number of hydrogen-bond donors (Lipinski definition) is 1. The van der Waals surface area contributed by atoms with Gasteiger partial charge in [0.05, 0.1) is 5.52 Å². The molecule has 2 aromatic rings. The molecule has 0 bridgehead atoms. The van der Waals surface area contributed by atoms with Gasteiger partial charge in [0.2, 0.25) is 0 Å². The number of amides is 1. The third-order valence-electron chi connectivity index (χ3n) is 4.20. The molecule has 2 aromatic heterocycles. The molecule has 0 unspecified atom stereocenters. The molecule has 0 saturated carbocycles. The molecule has 1 aliphatic rings. The molecule has 7 heteroatoms. The number of imidazole rings is 1. The molecule has 1 atom stereocenters. The van der Waals surface area contributed by atoms with Gasteiger partial charge in [-0.05, 0) is 62.0 Å². The zero-order valence-corrected chi connectivity index (χ0v) is 16.1. The summed E-state index contributed by atoms with van der Waals surface area (Å²) in [6.07, 6.45) is 3.47. The highest BCUT2D eigenvalue weighted by molar-refractivity contribution is 9.10. The molecule has 1 N–H and O–H groups in total. The SMILES string of the molecule is Cc1c(Br)cnc2nc([C@@H]3CCCN(C(=O)OC(C)(C)C)C3)[nH]c12. The predicted molar refractivity (Wildman–Crippen MR) is 96.1 cm³/mol.